The second kappa shape index (κ2) is 10.3. The van der Waals surface area contributed by atoms with Gasteiger partial charge in [0.25, 0.3) is 5.91 Å². The summed E-state index contributed by atoms with van der Waals surface area (Å²) in [6.45, 7) is 8.52. The lowest BCUT2D eigenvalue weighted by atomic mass is 10.1. The Morgan fingerprint density at radius 2 is 2.19 bits per heavy atom. The molecule has 1 fully saturated rings. The molecular formula is C20H30ClN5O. The smallest absolute Gasteiger partial charge is 0.271 e. The fourth-order valence-electron chi connectivity index (χ4n) is 3.48. The number of rotatable bonds is 7. The van der Waals surface area contributed by atoms with E-state index in [1.165, 1.54) is 11.3 Å². The first-order valence-electron chi connectivity index (χ1n) is 9.53. The quantitative estimate of drug-likeness (QED) is 0.761. The zero-order valence-corrected chi connectivity index (χ0v) is 17.0. The summed E-state index contributed by atoms with van der Waals surface area (Å²) in [6, 6.07) is 10.5. The predicted molar refractivity (Wildman–Crippen MR) is 112 cm³/mol. The Morgan fingerprint density at radius 1 is 1.37 bits per heavy atom. The molecule has 1 unspecified atom stereocenters. The van der Waals surface area contributed by atoms with Gasteiger partial charge >= 0.3 is 0 Å². The van der Waals surface area contributed by atoms with E-state index < -0.39 is 0 Å². The van der Waals surface area contributed by atoms with Gasteiger partial charge in [0, 0.05) is 38.1 Å². The van der Waals surface area contributed by atoms with Crippen LogP contribution < -0.4 is 15.5 Å². The summed E-state index contributed by atoms with van der Waals surface area (Å²) in [5.41, 5.74) is 2.97. The van der Waals surface area contributed by atoms with Crippen molar-refractivity contribution < 1.29 is 4.79 Å². The number of amides is 1. The van der Waals surface area contributed by atoms with Crippen molar-refractivity contribution in [3.05, 3.63) is 47.8 Å². The van der Waals surface area contributed by atoms with Gasteiger partial charge in [0.05, 0.1) is 6.04 Å². The standard InChI is InChI=1S/C20H29N5O.ClH/c1-3-24(19-9-5-4-7-16(19)2)14-12-22-20(26)18-10-13-25(23-18)17-8-6-11-21-15-17;/h4-5,7,9-10,13,17,21H,3,6,8,11-12,14-15H2,1-2H3,(H,22,26);1H. The van der Waals surface area contributed by atoms with Crippen molar-refractivity contribution >= 4 is 24.0 Å². The minimum atomic E-state index is -0.103. The molecule has 1 aromatic carbocycles. The summed E-state index contributed by atoms with van der Waals surface area (Å²) >= 11 is 0. The van der Waals surface area contributed by atoms with Crippen LogP contribution in [0.5, 0.6) is 0 Å². The molecule has 0 aliphatic carbocycles. The third-order valence-corrected chi connectivity index (χ3v) is 4.99. The number of para-hydroxylation sites is 1. The molecule has 1 aromatic heterocycles. The zero-order chi connectivity index (χ0) is 18.4. The number of hydrogen-bond acceptors (Lipinski definition) is 4. The Hall–Kier alpha value is -2.05. The summed E-state index contributed by atoms with van der Waals surface area (Å²) in [7, 11) is 0. The number of halogens is 1. The summed E-state index contributed by atoms with van der Waals surface area (Å²) in [6.07, 6.45) is 4.17. The average molecular weight is 392 g/mol. The number of aryl methyl sites for hydroxylation is 1. The van der Waals surface area contributed by atoms with Crippen LogP contribution >= 0.6 is 12.4 Å². The van der Waals surface area contributed by atoms with Crippen LogP contribution in [-0.4, -0.2) is 48.4 Å². The second-order valence-corrected chi connectivity index (χ2v) is 6.80. The summed E-state index contributed by atoms with van der Waals surface area (Å²) < 4.78 is 1.92. The molecule has 0 spiro atoms. The molecule has 1 atom stereocenters. The van der Waals surface area contributed by atoms with Crippen LogP contribution in [0.2, 0.25) is 0 Å². The van der Waals surface area contributed by atoms with Gasteiger partial charge in [0.15, 0.2) is 0 Å². The van der Waals surface area contributed by atoms with Gasteiger partial charge < -0.3 is 15.5 Å². The van der Waals surface area contributed by atoms with Crippen molar-refractivity contribution in [2.75, 3.05) is 37.6 Å². The molecule has 1 amide bonds. The Kier molecular flexibility index (Phi) is 8.13. The molecule has 2 aromatic rings. The lowest BCUT2D eigenvalue weighted by molar-refractivity contribution is 0.0948. The van der Waals surface area contributed by atoms with E-state index in [0.29, 0.717) is 18.3 Å². The number of likely N-dealkylation sites (N-methyl/N-ethyl adjacent to an activating group) is 1. The highest BCUT2D eigenvalue weighted by atomic mass is 35.5. The number of carbonyl (C=O) groups excluding carboxylic acids is 1. The molecule has 0 bridgehead atoms. The first-order chi connectivity index (χ1) is 12.7. The highest BCUT2D eigenvalue weighted by Crippen LogP contribution is 2.18. The molecule has 3 rings (SSSR count). The fraction of sp³-hybridized carbons (Fsp3) is 0.500. The number of nitrogens with zero attached hydrogens (tertiary/aromatic N) is 3. The Morgan fingerprint density at radius 3 is 2.89 bits per heavy atom. The summed E-state index contributed by atoms with van der Waals surface area (Å²) in [5.74, 6) is -0.103. The third kappa shape index (κ3) is 5.47. The van der Waals surface area contributed by atoms with E-state index in [2.05, 4.69) is 52.7 Å². The highest BCUT2D eigenvalue weighted by Gasteiger charge is 2.17. The molecule has 0 radical (unpaired) electrons. The molecule has 2 N–H and O–H groups in total. The zero-order valence-electron chi connectivity index (χ0n) is 16.1. The normalized spacial score (nSPS) is 16.4. The maximum absolute atomic E-state index is 12.4. The number of carbonyl (C=O) groups is 1. The molecule has 148 valence electrons. The van der Waals surface area contributed by atoms with Crippen LogP contribution in [0, 0.1) is 6.92 Å². The molecule has 2 heterocycles. The van der Waals surface area contributed by atoms with Crippen molar-refractivity contribution in [1.29, 1.82) is 0 Å². The Bertz CT molecular complexity index is 727. The lowest BCUT2D eigenvalue weighted by Crippen LogP contribution is -2.35. The van der Waals surface area contributed by atoms with Crippen LogP contribution in [0.3, 0.4) is 0 Å². The maximum Gasteiger partial charge on any atom is 0.271 e. The Labute approximate surface area is 167 Å². The minimum Gasteiger partial charge on any atom is -0.370 e. The van der Waals surface area contributed by atoms with E-state index in [4.69, 9.17) is 0 Å². The molecule has 1 aliphatic heterocycles. The monoisotopic (exact) mass is 391 g/mol. The van der Waals surface area contributed by atoms with Gasteiger partial charge in [-0.2, -0.15) is 5.10 Å². The molecule has 7 heteroatoms. The van der Waals surface area contributed by atoms with Crippen LogP contribution in [-0.2, 0) is 0 Å². The van der Waals surface area contributed by atoms with Crippen molar-refractivity contribution in [3.8, 4) is 0 Å². The summed E-state index contributed by atoms with van der Waals surface area (Å²) in [4.78, 5) is 14.7. The third-order valence-electron chi connectivity index (χ3n) is 4.99. The van der Waals surface area contributed by atoms with E-state index in [1.807, 2.05) is 23.0 Å². The van der Waals surface area contributed by atoms with E-state index >= 15 is 0 Å². The predicted octanol–water partition coefficient (Wildman–Crippen LogP) is 2.79. The number of hydrogen-bond donors (Lipinski definition) is 2. The topological polar surface area (TPSA) is 62.2 Å². The Balaban J connectivity index is 0.00000261. The van der Waals surface area contributed by atoms with Crippen LogP contribution in [0.1, 0.15) is 41.9 Å². The molecular weight excluding hydrogens is 362 g/mol. The number of aromatic nitrogens is 2. The second-order valence-electron chi connectivity index (χ2n) is 6.80. The van der Waals surface area contributed by atoms with Crippen molar-refractivity contribution in [2.24, 2.45) is 0 Å². The highest BCUT2D eigenvalue weighted by molar-refractivity contribution is 5.92. The lowest BCUT2D eigenvalue weighted by Gasteiger charge is -2.25. The molecule has 1 saturated heterocycles. The van der Waals surface area contributed by atoms with Crippen LogP contribution in [0.15, 0.2) is 36.5 Å². The van der Waals surface area contributed by atoms with Gasteiger partial charge in [-0.1, -0.05) is 18.2 Å². The first kappa shape index (κ1) is 21.3. The molecule has 1 aliphatic rings. The average Bonchev–Trinajstić information content (AvgIpc) is 3.17. The minimum absolute atomic E-state index is 0. The number of benzene rings is 1. The van der Waals surface area contributed by atoms with E-state index in [-0.39, 0.29) is 18.3 Å². The van der Waals surface area contributed by atoms with Crippen LogP contribution in [0.25, 0.3) is 0 Å². The number of anilines is 1. The van der Waals surface area contributed by atoms with Crippen molar-refractivity contribution in [1.82, 2.24) is 20.4 Å². The number of piperidine rings is 1. The van der Waals surface area contributed by atoms with E-state index in [0.717, 1.165) is 39.0 Å². The fourth-order valence-corrected chi connectivity index (χ4v) is 3.48. The number of nitrogens with one attached hydrogen (secondary N) is 2. The maximum atomic E-state index is 12.4. The van der Waals surface area contributed by atoms with Crippen LogP contribution in [0.4, 0.5) is 5.69 Å². The van der Waals surface area contributed by atoms with Gasteiger partial charge in [-0.05, 0) is 50.9 Å². The van der Waals surface area contributed by atoms with Gasteiger partial charge in [0.1, 0.15) is 5.69 Å². The van der Waals surface area contributed by atoms with Gasteiger partial charge in [0.2, 0.25) is 0 Å². The SMILES string of the molecule is CCN(CCNC(=O)c1ccn(C2CCCNC2)n1)c1ccccc1C.Cl. The van der Waals surface area contributed by atoms with Gasteiger partial charge in [-0.3, -0.25) is 9.48 Å². The first-order valence-corrected chi connectivity index (χ1v) is 9.53. The molecule has 6 nitrogen and oxygen atoms in total. The van der Waals surface area contributed by atoms with Crippen molar-refractivity contribution in [2.45, 2.75) is 32.7 Å². The van der Waals surface area contributed by atoms with E-state index in [1.54, 1.807) is 0 Å². The van der Waals surface area contributed by atoms with Gasteiger partial charge in [-0.15, -0.1) is 12.4 Å². The summed E-state index contributed by atoms with van der Waals surface area (Å²) in [5, 5.41) is 10.9. The molecule has 27 heavy (non-hydrogen) atoms. The van der Waals surface area contributed by atoms with Gasteiger partial charge in [-0.25, -0.2) is 0 Å². The molecule has 0 saturated carbocycles. The van der Waals surface area contributed by atoms with Crippen molar-refractivity contribution in [3.63, 3.8) is 0 Å². The largest absolute Gasteiger partial charge is 0.370 e. The van der Waals surface area contributed by atoms with E-state index in [9.17, 15) is 4.79 Å².